The summed E-state index contributed by atoms with van der Waals surface area (Å²) in [4.78, 5) is 28.2. The second-order valence-electron chi connectivity index (χ2n) is 5.66. The van der Waals surface area contributed by atoms with Crippen molar-refractivity contribution in [3.63, 3.8) is 0 Å². The first-order chi connectivity index (χ1) is 12.0. The molecule has 0 spiro atoms. The number of carbonyl (C=O) groups is 1. The maximum atomic E-state index is 12.5. The average molecular weight is 358 g/mol. The quantitative estimate of drug-likeness (QED) is 0.238. The second kappa shape index (κ2) is 9.22. The molecule has 0 atom stereocenters. The fraction of sp³-hybridized carbons (Fsp3) is 0.316. The van der Waals surface area contributed by atoms with Crippen molar-refractivity contribution in [2.24, 2.45) is 7.05 Å². The molecule has 0 aliphatic carbocycles. The van der Waals surface area contributed by atoms with Crippen LogP contribution in [0.5, 0.6) is 0 Å². The van der Waals surface area contributed by atoms with Crippen LogP contribution in [-0.2, 0) is 16.6 Å². The van der Waals surface area contributed by atoms with Gasteiger partial charge in [-0.05, 0) is 25.3 Å². The van der Waals surface area contributed by atoms with E-state index in [2.05, 4.69) is 11.6 Å². The topological polar surface area (TPSA) is 61.2 Å². The number of unbranched alkanes of at least 4 members (excludes halogenated alkanes) is 1. The predicted octanol–water partition coefficient (Wildman–Crippen LogP) is 3.44. The highest BCUT2D eigenvalue weighted by molar-refractivity contribution is 7.99. The summed E-state index contributed by atoms with van der Waals surface area (Å²) in [5.41, 5.74) is 1.82. The lowest BCUT2D eigenvalue weighted by Crippen LogP contribution is -2.21. The maximum Gasteiger partial charge on any atom is 0.333 e. The Balaban J connectivity index is 1.87. The number of hydrogen-bond acceptors (Lipinski definition) is 5. The van der Waals surface area contributed by atoms with E-state index in [1.807, 2.05) is 30.3 Å². The van der Waals surface area contributed by atoms with E-state index in [0.29, 0.717) is 22.9 Å². The highest BCUT2D eigenvalue weighted by Gasteiger charge is 2.09. The SMILES string of the molecule is C=C(C)C(=O)OCCCCSc1ncc(-c2ccccc2)c(=O)n1C. The Hall–Kier alpha value is -2.34. The Kier molecular flexibility index (Phi) is 7.01. The van der Waals surface area contributed by atoms with Gasteiger partial charge in [-0.3, -0.25) is 9.36 Å². The van der Waals surface area contributed by atoms with Crippen molar-refractivity contribution < 1.29 is 9.53 Å². The fourth-order valence-corrected chi connectivity index (χ4v) is 3.07. The molecule has 5 nitrogen and oxygen atoms in total. The molecule has 0 bridgehead atoms. The van der Waals surface area contributed by atoms with Crippen molar-refractivity contribution >= 4 is 17.7 Å². The minimum atomic E-state index is -0.354. The van der Waals surface area contributed by atoms with Gasteiger partial charge < -0.3 is 4.74 Å². The standard InChI is InChI=1S/C19H22N2O3S/c1-14(2)18(23)24-11-7-8-12-25-19-20-13-16(17(22)21(19)3)15-9-5-4-6-10-15/h4-6,9-10,13H,1,7-8,11-12H2,2-3H3. The molecular weight excluding hydrogens is 336 g/mol. The molecule has 0 unspecified atom stereocenters. The van der Waals surface area contributed by atoms with Gasteiger partial charge in [0.2, 0.25) is 0 Å². The van der Waals surface area contributed by atoms with E-state index < -0.39 is 0 Å². The van der Waals surface area contributed by atoms with E-state index in [9.17, 15) is 9.59 Å². The van der Waals surface area contributed by atoms with Gasteiger partial charge in [-0.1, -0.05) is 48.7 Å². The first kappa shape index (κ1) is 19.0. The largest absolute Gasteiger partial charge is 0.462 e. The number of rotatable bonds is 8. The van der Waals surface area contributed by atoms with Gasteiger partial charge in [-0.25, -0.2) is 9.78 Å². The van der Waals surface area contributed by atoms with E-state index >= 15 is 0 Å². The van der Waals surface area contributed by atoms with Gasteiger partial charge in [0, 0.05) is 24.6 Å². The lowest BCUT2D eigenvalue weighted by molar-refractivity contribution is -0.139. The van der Waals surface area contributed by atoms with Crippen molar-refractivity contribution in [2.45, 2.75) is 24.9 Å². The molecular formula is C19H22N2O3S. The minimum Gasteiger partial charge on any atom is -0.462 e. The first-order valence-corrected chi connectivity index (χ1v) is 9.06. The van der Waals surface area contributed by atoms with E-state index in [4.69, 9.17) is 4.74 Å². The van der Waals surface area contributed by atoms with E-state index in [-0.39, 0.29) is 11.5 Å². The van der Waals surface area contributed by atoms with Crippen molar-refractivity contribution in [3.05, 3.63) is 59.0 Å². The van der Waals surface area contributed by atoms with Gasteiger partial charge in [0.25, 0.3) is 5.56 Å². The van der Waals surface area contributed by atoms with Crippen LogP contribution in [0.2, 0.25) is 0 Å². The molecule has 0 fully saturated rings. The molecule has 6 heteroatoms. The molecule has 25 heavy (non-hydrogen) atoms. The van der Waals surface area contributed by atoms with Crippen LogP contribution in [0.4, 0.5) is 0 Å². The molecule has 0 aliphatic rings. The maximum absolute atomic E-state index is 12.5. The molecule has 1 aromatic carbocycles. The van der Waals surface area contributed by atoms with Gasteiger partial charge in [-0.2, -0.15) is 0 Å². The Bertz CT molecular complexity index is 800. The number of hydrogen-bond donors (Lipinski definition) is 0. The Morgan fingerprint density at radius 2 is 2.00 bits per heavy atom. The molecule has 0 amide bonds. The summed E-state index contributed by atoms with van der Waals surface area (Å²) in [6.07, 6.45) is 3.27. The molecule has 0 aliphatic heterocycles. The Morgan fingerprint density at radius 3 is 2.68 bits per heavy atom. The molecule has 132 valence electrons. The highest BCUT2D eigenvalue weighted by Crippen LogP contribution is 2.18. The van der Waals surface area contributed by atoms with Crippen molar-refractivity contribution in [3.8, 4) is 11.1 Å². The highest BCUT2D eigenvalue weighted by atomic mass is 32.2. The lowest BCUT2D eigenvalue weighted by atomic mass is 10.1. The smallest absolute Gasteiger partial charge is 0.333 e. The Morgan fingerprint density at radius 1 is 1.28 bits per heavy atom. The van der Waals surface area contributed by atoms with Crippen LogP contribution >= 0.6 is 11.8 Å². The average Bonchev–Trinajstić information content (AvgIpc) is 2.61. The van der Waals surface area contributed by atoms with Crippen molar-refractivity contribution in [2.75, 3.05) is 12.4 Å². The Labute approximate surface area is 151 Å². The molecule has 0 radical (unpaired) electrons. The van der Waals surface area contributed by atoms with Gasteiger partial charge in [0.15, 0.2) is 5.16 Å². The molecule has 0 N–H and O–H groups in total. The summed E-state index contributed by atoms with van der Waals surface area (Å²) >= 11 is 1.52. The number of esters is 1. The number of carbonyl (C=O) groups excluding carboxylic acids is 1. The molecule has 2 aromatic rings. The minimum absolute atomic E-state index is 0.0564. The summed E-state index contributed by atoms with van der Waals surface area (Å²) in [5.74, 6) is 0.448. The van der Waals surface area contributed by atoms with Crippen molar-refractivity contribution in [1.29, 1.82) is 0 Å². The van der Waals surface area contributed by atoms with Gasteiger partial charge in [0.1, 0.15) is 0 Å². The van der Waals surface area contributed by atoms with Crippen LogP contribution in [0.25, 0.3) is 11.1 Å². The first-order valence-electron chi connectivity index (χ1n) is 8.07. The molecule has 1 aromatic heterocycles. The number of benzene rings is 1. The zero-order valence-electron chi connectivity index (χ0n) is 14.5. The van der Waals surface area contributed by atoms with Gasteiger partial charge >= 0.3 is 5.97 Å². The van der Waals surface area contributed by atoms with Crippen molar-refractivity contribution in [1.82, 2.24) is 9.55 Å². The zero-order valence-corrected chi connectivity index (χ0v) is 15.3. The van der Waals surface area contributed by atoms with E-state index in [0.717, 1.165) is 24.2 Å². The number of aromatic nitrogens is 2. The summed E-state index contributed by atoms with van der Waals surface area (Å²) in [6.45, 7) is 5.55. The normalized spacial score (nSPS) is 10.5. The van der Waals surface area contributed by atoms with Crippen LogP contribution < -0.4 is 5.56 Å². The van der Waals surface area contributed by atoms with Crippen LogP contribution in [-0.4, -0.2) is 27.9 Å². The monoisotopic (exact) mass is 358 g/mol. The molecule has 2 rings (SSSR count). The second-order valence-corrected chi connectivity index (χ2v) is 6.72. The van der Waals surface area contributed by atoms with Crippen LogP contribution in [0.15, 0.2) is 58.6 Å². The number of nitrogens with zero attached hydrogens (tertiary/aromatic N) is 2. The third-order valence-electron chi connectivity index (χ3n) is 3.56. The van der Waals surface area contributed by atoms with Crippen LogP contribution in [0.1, 0.15) is 19.8 Å². The molecule has 1 heterocycles. The third kappa shape index (κ3) is 5.32. The molecule has 0 saturated carbocycles. The predicted molar refractivity (Wildman–Crippen MR) is 101 cm³/mol. The fourth-order valence-electron chi connectivity index (χ4n) is 2.13. The van der Waals surface area contributed by atoms with Gasteiger partial charge in [-0.15, -0.1) is 0 Å². The van der Waals surface area contributed by atoms with Crippen LogP contribution in [0, 0.1) is 0 Å². The number of ether oxygens (including phenoxy) is 1. The van der Waals surface area contributed by atoms with Gasteiger partial charge in [0.05, 0.1) is 12.2 Å². The van der Waals surface area contributed by atoms with Crippen LogP contribution in [0.3, 0.4) is 0 Å². The summed E-state index contributed by atoms with van der Waals surface area (Å²) in [6, 6.07) is 9.52. The zero-order chi connectivity index (χ0) is 18.2. The number of thioether (sulfide) groups is 1. The van der Waals surface area contributed by atoms with E-state index in [1.54, 1.807) is 24.7 Å². The molecule has 0 saturated heterocycles. The summed E-state index contributed by atoms with van der Waals surface area (Å²) in [7, 11) is 1.73. The van der Waals surface area contributed by atoms with E-state index in [1.165, 1.54) is 11.8 Å². The lowest BCUT2D eigenvalue weighted by Gasteiger charge is -2.09. The summed E-state index contributed by atoms with van der Waals surface area (Å²) in [5, 5.41) is 0.684. The summed E-state index contributed by atoms with van der Waals surface area (Å²) < 4.78 is 6.62. The third-order valence-corrected chi connectivity index (χ3v) is 4.69.